The highest BCUT2D eigenvalue weighted by Gasteiger charge is 2.16. The normalized spacial score (nSPS) is 12.3. The van der Waals surface area contributed by atoms with Crippen LogP contribution in [0.2, 0.25) is 0 Å². The van der Waals surface area contributed by atoms with Gasteiger partial charge < -0.3 is 21.5 Å². The van der Waals surface area contributed by atoms with Gasteiger partial charge in [-0.1, -0.05) is 13.8 Å². The van der Waals surface area contributed by atoms with E-state index in [0.717, 1.165) is 0 Å². The van der Waals surface area contributed by atoms with Gasteiger partial charge in [0.15, 0.2) is 0 Å². The van der Waals surface area contributed by atoms with Gasteiger partial charge in [0, 0.05) is 17.9 Å². The molecule has 1 aromatic rings. The number of nitrogen functional groups attached to an aromatic ring is 1. The summed E-state index contributed by atoms with van der Waals surface area (Å²) in [6.07, 6.45) is 0. The first-order valence-corrected chi connectivity index (χ1v) is 6.54. The molecule has 1 aromatic carbocycles. The van der Waals surface area contributed by atoms with Crippen LogP contribution in [0.3, 0.4) is 0 Å². The van der Waals surface area contributed by atoms with E-state index in [1.165, 1.54) is 0 Å². The number of rotatable bonds is 6. The van der Waals surface area contributed by atoms with E-state index in [9.17, 15) is 9.90 Å². The van der Waals surface area contributed by atoms with E-state index in [4.69, 9.17) is 5.73 Å². The highest BCUT2D eigenvalue weighted by atomic mass is 16.3. The van der Waals surface area contributed by atoms with E-state index in [2.05, 4.69) is 10.6 Å². The molecule has 1 rings (SSSR count). The van der Waals surface area contributed by atoms with E-state index < -0.39 is 0 Å². The minimum absolute atomic E-state index is 0.00129. The van der Waals surface area contributed by atoms with Gasteiger partial charge in [0.05, 0.1) is 18.2 Å². The lowest BCUT2D eigenvalue weighted by atomic mass is 10.0. The summed E-state index contributed by atoms with van der Waals surface area (Å²) in [6, 6.07) is 4.99. The van der Waals surface area contributed by atoms with Crippen LogP contribution in [0.25, 0.3) is 0 Å². The van der Waals surface area contributed by atoms with Crippen molar-refractivity contribution in [3.8, 4) is 0 Å². The molecule has 0 heterocycles. The topological polar surface area (TPSA) is 87.4 Å². The van der Waals surface area contributed by atoms with Crippen LogP contribution in [0.4, 0.5) is 11.4 Å². The molecule has 0 spiro atoms. The molecule has 0 bridgehead atoms. The van der Waals surface area contributed by atoms with E-state index in [0.29, 0.717) is 23.5 Å². The van der Waals surface area contributed by atoms with Crippen LogP contribution in [0.15, 0.2) is 18.2 Å². The zero-order valence-electron chi connectivity index (χ0n) is 11.7. The lowest BCUT2D eigenvalue weighted by Crippen LogP contribution is -2.31. The van der Waals surface area contributed by atoms with Crippen molar-refractivity contribution in [2.75, 3.05) is 24.2 Å². The number of nitrogens with two attached hydrogens (primary N) is 1. The monoisotopic (exact) mass is 265 g/mol. The second-order valence-electron chi connectivity index (χ2n) is 4.84. The van der Waals surface area contributed by atoms with Crippen molar-refractivity contribution in [2.24, 2.45) is 5.92 Å². The third kappa shape index (κ3) is 4.13. The first-order chi connectivity index (χ1) is 8.99. The molecule has 5 heteroatoms. The van der Waals surface area contributed by atoms with Gasteiger partial charge in [-0.2, -0.15) is 0 Å². The van der Waals surface area contributed by atoms with Crippen LogP contribution in [0.1, 0.15) is 31.1 Å². The number of aliphatic hydroxyl groups excluding tert-OH is 1. The van der Waals surface area contributed by atoms with Crippen LogP contribution in [0, 0.1) is 5.92 Å². The maximum Gasteiger partial charge on any atom is 0.253 e. The van der Waals surface area contributed by atoms with Crippen molar-refractivity contribution < 1.29 is 9.90 Å². The minimum Gasteiger partial charge on any atom is -0.399 e. The van der Waals surface area contributed by atoms with Crippen molar-refractivity contribution in [1.29, 1.82) is 0 Å². The Morgan fingerprint density at radius 2 is 2.11 bits per heavy atom. The fourth-order valence-corrected chi connectivity index (χ4v) is 1.76. The Labute approximate surface area is 114 Å². The highest BCUT2D eigenvalue weighted by Crippen LogP contribution is 2.21. The summed E-state index contributed by atoms with van der Waals surface area (Å²) in [5.74, 6) is 0.0963. The van der Waals surface area contributed by atoms with Crippen LogP contribution in [-0.4, -0.2) is 30.2 Å². The molecule has 0 fully saturated rings. The average Bonchev–Trinajstić information content (AvgIpc) is 2.35. The number of aliphatic hydroxyl groups is 1. The molecule has 5 nitrogen and oxygen atoms in total. The molecule has 0 aliphatic heterocycles. The lowest BCUT2D eigenvalue weighted by molar-refractivity contribution is 0.0956. The first-order valence-electron chi connectivity index (χ1n) is 6.54. The van der Waals surface area contributed by atoms with Gasteiger partial charge >= 0.3 is 0 Å². The smallest absolute Gasteiger partial charge is 0.253 e. The predicted octanol–water partition coefficient (Wildman–Crippen LogP) is 1.45. The van der Waals surface area contributed by atoms with Gasteiger partial charge in [-0.05, 0) is 31.0 Å². The largest absolute Gasteiger partial charge is 0.399 e. The molecule has 0 aromatic heterocycles. The van der Waals surface area contributed by atoms with Crippen molar-refractivity contribution in [2.45, 2.75) is 26.8 Å². The van der Waals surface area contributed by atoms with Crippen molar-refractivity contribution in [3.63, 3.8) is 0 Å². The third-order valence-electron chi connectivity index (χ3n) is 2.97. The SMILES string of the molecule is CCNC(=O)c1ccc(N)cc1N[C@H](CO)C(C)C. The number of benzene rings is 1. The summed E-state index contributed by atoms with van der Waals surface area (Å²) in [5, 5.41) is 15.3. The minimum atomic E-state index is -0.148. The van der Waals surface area contributed by atoms with Gasteiger partial charge in [0.25, 0.3) is 5.91 Å². The van der Waals surface area contributed by atoms with Crippen LogP contribution in [-0.2, 0) is 0 Å². The average molecular weight is 265 g/mol. The Hall–Kier alpha value is -1.75. The molecule has 0 saturated carbocycles. The molecular weight excluding hydrogens is 242 g/mol. The van der Waals surface area contributed by atoms with E-state index in [1.807, 2.05) is 20.8 Å². The molecule has 0 aliphatic carbocycles. The zero-order valence-corrected chi connectivity index (χ0v) is 11.7. The quantitative estimate of drug-likeness (QED) is 0.586. The number of anilines is 2. The number of hydrogen-bond donors (Lipinski definition) is 4. The Bertz CT molecular complexity index is 433. The summed E-state index contributed by atoms with van der Waals surface area (Å²) < 4.78 is 0. The van der Waals surface area contributed by atoms with Gasteiger partial charge in [-0.15, -0.1) is 0 Å². The van der Waals surface area contributed by atoms with Crippen LogP contribution < -0.4 is 16.4 Å². The van der Waals surface area contributed by atoms with Crippen molar-refractivity contribution in [1.82, 2.24) is 5.32 Å². The van der Waals surface area contributed by atoms with Gasteiger partial charge in [0.1, 0.15) is 0 Å². The second kappa shape index (κ2) is 6.99. The van der Waals surface area contributed by atoms with Crippen molar-refractivity contribution >= 4 is 17.3 Å². The summed E-state index contributed by atoms with van der Waals surface area (Å²) in [6.45, 7) is 6.45. The second-order valence-corrected chi connectivity index (χ2v) is 4.84. The molecule has 1 atom stereocenters. The van der Waals surface area contributed by atoms with Gasteiger partial charge in [0.2, 0.25) is 0 Å². The Kier molecular flexibility index (Phi) is 5.63. The van der Waals surface area contributed by atoms with Gasteiger partial charge in [-0.25, -0.2) is 0 Å². The molecule has 0 radical (unpaired) electrons. The summed E-state index contributed by atoms with van der Waals surface area (Å²) in [7, 11) is 0. The summed E-state index contributed by atoms with van der Waals surface area (Å²) in [4.78, 5) is 12.0. The van der Waals surface area contributed by atoms with E-state index in [1.54, 1.807) is 18.2 Å². The number of hydrogen-bond acceptors (Lipinski definition) is 4. The summed E-state index contributed by atoms with van der Waals surface area (Å²) >= 11 is 0. The maximum absolute atomic E-state index is 12.0. The highest BCUT2D eigenvalue weighted by molar-refractivity contribution is 6.00. The number of carbonyl (C=O) groups is 1. The van der Waals surface area contributed by atoms with Gasteiger partial charge in [-0.3, -0.25) is 4.79 Å². The third-order valence-corrected chi connectivity index (χ3v) is 2.97. The number of nitrogens with one attached hydrogen (secondary N) is 2. The molecule has 0 saturated heterocycles. The van der Waals surface area contributed by atoms with Crippen LogP contribution in [0.5, 0.6) is 0 Å². The maximum atomic E-state index is 12.0. The number of amides is 1. The Morgan fingerprint density at radius 3 is 2.63 bits per heavy atom. The Balaban J connectivity index is 3.03. The van der Waals surface area contributed by atoms with E-state index >= 15 is 0 Å². The van der Waals surface area contributed by atoms with Crippen LogP contribution >= 0.6 is 0 Å². The fraction of sp³-hybridized carbons (Fsp3) is 0.500. The molecule has 0 aliphatic rings. The number of carbonyl (C=O) groups excluding carboxylic acids is 1. The summed E-state index contributed by atoms with van der Waals surface area (Å²) in [5.41, 5.74) is 7.53. The van der Waals surface area contributed by atoms with Crippen molar-refractivity contribution in [3.05, 3.63) is 23.8 Å². The molecule has 5 N–H and O–H groups in total. The molecule has 0 unspecified atom stereocenters. The standard InChI is InChI=1S/C14H23N3O2/c1-4-16-14(19)11-6-5-10(15)7-12(11)17-13(8-18)9(2)3/h5-7,9,13,17-18H,4,8,15H2,1-3H3,(H,16,19)/t13-/m1/s1. The predicted molar refractivity (Wildman–Crippen MR) is 78.2 cm³/mol. The molecule has 1 amide bonds. The Morgan fingerprint density at radius 1 is 1.42 bits per heavy atom. The first kappa shape index (κ1) is 15.3. The molecule has 106 valence electrons. The fourth-order valence-electron chi connectivity index (χ4n) is 1.76. The van der Waals surface area contributed by atoms with E-state index in [-0.39, 0.29) is 24.5 Å². The molecular formula is C14H23N3O2. The lowest BCUT2D eigenvalue weighted by Gasteiger charge is -2.23. The molecule has 19 heavy (non-hydrogen) atoms. The zero-order chi connectivity index (χ0) is 14.4.